The first-order valence-electron chi connectivity index (χ1n) is 8.76. The molecule has 0 fully saturated rings. The first kappa shape index (κ1) is 17.5. The maximum Gasteiger partial charge on any atom is 0.119 e. The van der Waals surface area contributed by atoms with Gasteiger partial charge in [-0.2, -0.15) is 0 Å². The van der Waals surface area contributed by atoms with E-state index in [0.717, 1.165) is 25.1 Å². The monoisotopic (exact) mass is 335 g/mol. The lowest BCUT2D eigenvalue weighted by Crippen LogP contribution is -2.21. The van der Waals surface area contributed by atoms with Gasteiger partial charge in [0.25, 0.3) is 0 Å². The molecule has 0 aliphatic rings. The van der Waals surface area contributed by atoms with E-state index in [4.69, 9.17) is 4.74 Å². The number of ether oxygens (including phenoxy) is 1. The zero-order valence-corrected chi connectivity index (χ0v) is 14.6. The molecule has 3 aromatic rings. The van der Waals surface area contributed by atoms with Crippen LogP contribution in [0.5, 0.6) is 5.75 Å². The molecule has 0 heterocycles. The van der Waals surface area contributed by atoms with Crippen LogP contribution in [0.25, 0.3) is 10.8 Å². The van der Waals surface area contributed by atoms with E-state index in [9.17, 15) is 5.11 Å². The van der Waals surface area contributed by atoms with Gasteiger partial charge in [0, 0.05) is 19.2 Å². The molecule has 0 aliphatic carbocycles. The van der Waals surface area contributed by atoms with E-state index < -0.39 is 0 Å². The van der Waals surface area contributed by atoms with Crippen LogP contribution in [0.1, 0.15) is 30.0 Å². The Bertz CT molecular complexity index is 801. The van der Waals surface area contributed by atoms with Crippen LogP contribution >= 0.6 is 0 Å². The predicted molar refractivity (Wildman–Crippen MR) is 103 cm³/mol. The molecule has 1 unspecified atom stereocenters. The van der Waals surface area contributed by atoms with Crippen LogP contribution in [0, 0.1) is 0 Å². The van der Waals surface area contributed by atoms with Crippen LogP contribution in [-0.2, 0) is 6.54 Å². The number of fused-ring (bicyclic) bond motifs is 1. The molecule has 25 heavy (non-hydrogen) atoms. The third-order valence-corrected chi connectivity index (χ3v) is 4.52. The minimum Gasteiger partial charge on any atom is -0.497 e. The Labute approximate surface area is 149 Å². The summed E-state index contributed by atoms with van der Waals surface area (Å²) >= 11 is 0. The van der Waals surface area contributed by atoms with Crippen molar-refractivity contribution in [1.82, 2.24) is 5.32 Å². The van der Waals surface area contributed by atoms with Gasteiger partial charge in [0.15, 0.2) is 0 Å². The predicted octanol–water partition coefficient (Wildman–Crippen LogP) is 4.45. The Morgan fingerprint density at radius 2 is 1.72 bits per heavy atom. The van der Waals surface area contributed by atoms with Crippen LogP contribution in [0.2, 0.25) is 0 Å². The lowest BCUT2D eigenvalue weighted by molar-refractivity contribution is 0.275. The number of aliphatic hydroxyl groups is 1. The Morgan fingerprint density at radius 1 is 0.960 bits per heavy atom. The Kier molecular flexibility index (Phi) is 6.04. The molecule has 0 radical (unpaired) electrons. The topological polar surface area (TPSA) is 41.5 Å². The number of hydrogen-bond acceptors (Lipinski definition) is 3. The van der Waals surface area contributed by atoms with E-state index >= 15 is 0 Å². The molecule has 3 rings (SSSR count). The van der Waals surface area contributed by atoms with E-state index in [0.29, 0.717) is 0 Å². The van der Waals surface area contributed by atoms with Crippen molar-refractivity contribution in [3.8, 4) is 5.75 Å². The zero-order valence-electron chi connectivity index (χ0n) is 14.6. The summed E-state index contributed by atoms with van der Waals surface area (Å²) in [5, 5.41) is 15.2. The van der Waals surface area contributed by atoms with Gasteiger partial charge in [0.05, 0.1) is 7.11 Å². The van der Waals surface area contributed by atoms with E-state index in [1.165, 1.54) is 21.9 Å². The Balaban J connectivity index is 1.72. The van der Waals surface area contributed by atoms with Crippen molar-refractivity contribution >= 4 is 10.8 Å². The standard InChI is InChI=1S/C22H25NO2/c1-25-21-12-11-19-14-17(9-10-20(19)15-21)16-23-22(8-5-13-24)18-6-3-2-4-7-18/h2-4,6-7,9-12,14-15,22-24H,5,8,13,16H2,1H3. The maximum absolute atomic E-state index is 9.17. The van der Waals surface area contributed by atoms with E-state index in [2.05, 4.69) is 59.9 Å². The minimum atomic E-state index is 0.225. The largest absolute Gasteiger partial charge is 0.497 e. The van der Waals surface area contributed by atoms with Crippen LogP contribution in [0.15, 0.2) is 66.7 Å². The number of methoxy groups -OCH3 is 1. The lowest BCUT2D eigenvalue weighted by atomic mass is 10.0. The molecule has 0 saturated heterocycles. The van der Waals surface area contributed by atoms with Crippen molar-refractivity contribution in [1.29, 1.82) is 0 Å². The molecule has 3 nitrogen and oxygen atoms in total. The molecule has 0 saturated carbocycles. The van der Waals surface area contributed by atoms with Gasteiger partial charge in [-0.3, -0.25) is 0 Å². The highest BCUT2D eigenvalue weighted by atomic mass is 16.5. The number of aliphatic hydroxyl groups excluding tert-OH is 1. The minimum absolute atomic E-state index is 0.225. The normalized spacial score (nSPS) is 12.2. The van der Waals surface area contributed by atoms with Crippen molar-refractivity contribution in [3.63, 3.8) is 0 Å². The number of hydrogen-bond donors (Lipinski definition) is 2. The molecular formula is C22H25NO2. The molecule has 3 heteroatoms. The molecular weight excluding hydrogens is 310 g/mol. The van der Waals surface area contributed by atoms with Gasteiger partial charge in [-0.1, -0.05) is 48.5 Å². The van der Waals surface area contributed by atoms with Gasteiger partial charge in [0.2, 0.25) is 0 Å². The number of benzene rings is 3. The van der Waals surface area contributed by atoms with Crippen LogP contribution in [-0.4, -0.2) is 18.8 Å². The number of nitrogens with one attached hydrogen (secondary N) is 1. The summed E-state index contributed by atoms with van der Waals surface area (Å²) in [5.41, 5.74) is 2.52. The smallest absolute Gasteiger partial charge is 0.119 e. The summed E-state index contributed by atoms with van der Waals surface area (Å²) in [7, 11) is 1.69. The van der Waals surface area contributed by atoms with Gasteiger partial charge in [-0.05, 0) is 52.9 Å². The summed E-state index contributed by atoms with van der Waals surface area (Å²) in [5.74, 6) is 0.881. The highest BCUT2D eigenvalue weighted by Gasteiger charge is 2.10. The SMILES string of the molecule is COc1ccc2cc(CNC(CCCO)c3ccccc3)ccc2c1. The maximum atomic E-state index is 9.17. The van der Waals surface area contributed by atoms with E-state index in [-0.39, 0.29) is 12.6 Å². The first-order valence-corrected chi connectivity index (χ1v) is 8.76. The molecule has 1 atom stereocenters. The van der Waals surface area contributed by atoms with E-state index in [1.54, 1.807) is 7.11 Å². The van der Waals surface area contributed by atoms with Gasteiger partial charge < -0.3 is 15.2 Å². The highest BCUT2D eigenvalue weighted by molar-refractivity contribution is 5.84. The Morgan fingerprint density at radius 3 is 2.48 bits per heavy atom. The molecule has 3 aromatic carbocycles. The average Bonchev–Trinajstić information content (AvgIpc) is 2.68. The molecule has 0 spiro atoms. The van der Waals surface area contributed by atoms with Gasteiger partial charge in [-0.15, -0.1) is 0 Å². The summed E-state index contributed by atoms with van der Waals surface area (Å²) in [6.45, 7) is 1.02. The van der Waals surface area contributed by atoms with Gasteiger partial charge >= 0.3 is 0 Å². The first-order chi connectivity index (χ1) is 12.3. The fourth-order valence-corrected chi connectivity index (χ4v) is 3.12. The second kappa shape index (κ2) is 8.65. The second-order valence-corrected chi connectivity index (χ2v) is 6.26. The third-order valence-electron chi connectivity index (χ3n) is 4.52. The van der Waals surface area contributed by atoms with Crippen LogP contribution in [0.3, 0.4) is 0 Å². The third kappa shape index (κ3) is 4.59. The molecule has 0 bridgehead atoms. The zero-order chi connectivity index (χ0) is 17.5. The molecule has 130 valence electrons. The fraction of sp³-hybridized carbons (Fsp3) is 0.273. The molecule has 0 aliphatic heterocycles. The van der Waals surface area contributed by atoms with Crippen molar-refractivity contribution in [2.24, 2.45) is 0 Å². The van der Waals surface area contributed by atoms with Crippen molar-refractivity contribution in [3.05, 3.63) is 77.9 Å². The Hall–Kier alpha value is -2.36. The summed E-state index contributed by atoms with van der Waals surface area (Å²) in [4.78, 5) is 0. The summed E-state index contributed by atoms with van der Waals surface area (Å²) < 4.78 is 5.29. The molecule has 0 aromatic heterocycles. The van der Waals surface area contributed by atoms with Gasteiger partial charge in [-0.25, -0.2) is 0 Å². The van der Waals surface area contributed by atoms with Crippen molar-refractivity contribution in [2.45, 2.75) is 25.4 Å². The average molecular weight is 335 g/mol. The highest BCUT2D eigenvalue weighted by Crippen LogP contribution is 2.23. The van der Waals surface area contributed by atoms with Crippen LogP contribution < -0.4 is 10.1 Å². The van der Waals surface area contributed by atoms with E-state index in [1.807, 2.05) is 12.1 Å². The summed E-state index contributed by atoms with van der Waals surface area (Å²) in [6.07, 6.45) is 1.72. The lowest BCUT2D eigenvalue weighted by Gasteiger charge is -2.19. The quantitative estimate of drug-likeness (QED) is 0.639. The van der Waals surface area contributed by atoms with Gasteiger partial charge in [0.1, 0.15) is 5.75 Å². The molecule has 0 amide bonds. The van der Waals surface area contributed by atoms with Crippen LogP contribution in [0.4, 0.5) is 0 Å². The fourth-order valence-electron chi connectivity index (χ4n) is 3.12. The van der Waals surface area contributed by atoms with Crippen molar-refractivity contribution < 1.29 is 9.84 Å². The number of rotatable bonds is 8. The molecule has 2 N–H and O–H groups in total. The summed E-state index contributed by atoms with van der Waals surface area (Å²) in [6, 6.07) is 23.3. The van der Waals surface area contributed by atoms with Crippen molar-refractivity contribution in [2.75, 3.05) is 13.7 Å². The second-order valence-electron chi connectivity index (χ2n) is 6.26.